The molecule has 0 spiro atoms. The lowest BCUT2D eigenvalue weighted by molar-refractivity contribution is -0.144. The molecule has 0 bridgehead atoms. The fraction of sp³-hybridized carbons (Fsp3) is 0.688. The van der Waals surface area contributed by atoms with Crippen molar-refractivity contribution in [2.24, 2.45) is 0 Å². The summed E-state index contributed by atoms with van der Waals surface area (Å²) in [5.74, 6) is -5.18. The summed E-state index contributed by atoms with van der Waals surface area (Å²) in [6, 6.07) is -2.70. The quantitative estimate of drug-likeness (QED) is 0.252. The molecule has 0 radical (unpaired) electrons. The van der Waals surface area contributed by atoms with E-state index in [0.717, 1.165) is 0 Å². The highest BCUT2D eigenvalue weighted by molar-refractivity contribution is 5.91. The molecule has 0 heterocycles. The van der Waals surface area contributed by atoms with Crippen molar-refractivity contribution in [3.05, 3.63) is 0 Å². The fourth-order valence-electron chi connectivity index (χ4n) is 2.22. The van der Waals surface area contributed by atoms with Crippen LogP contribution in [0.1, 0.15) is 39.5 Å². The highest BCUT2D eigenvalue weighted by Crippen LogP contribution is 2.03. The number of nitrogens with zero attached hydrogens (tertiary/aromatic N) is 1. The fourth-order valence-corrected chi connectivity index (χ4v) is 2.22. The van der Waals surface area contributed by atoms with Crippen LogP contribution in [-0.4, -0.2) is 81.7 Å². The van der Waals surface area contributed by atoms with Crippen molar-refractivity contribution in [2.45, 2.75) is 51.6 Å². The molecule has 11 nitrogen and oxygen atoms in total. The van der Waals surface area contributed by atoms with Crippen LogP contribution in [-0.2, 0) is 24.0 Å². The molecular weight excluding hydrogens is 362 g/mol. The van der Waals surface area contributed by atoms with Gasteiger partial charge in [0.05, 0.1) is 6.54 Å². The van der Waals surface area contributed by atoms with Crippen LogP contribution in [0.25, 0.3) is 0 Å². The molecule has 0 aromatic carbocycles. The Morgan fingerprint density at radius 1 is 0.815 bits per heavy atom. The Morgan fingerprint density at radius 3 is 1.70 bits per heavy atom. The number of amides is 2. The summed E-state index contributed by atoms with van der Waals surface area (Å²) in [4.78, 5) is 58.8. The van der Waals surface area contributed by atoms with Crippen LogP contribution >= 0.6 is 0 Å². The Kier molecular flexibility index (Phi) is 11.4. The third kappa shape index (κ3) is 10.8. The van der Waals surface area contributed by atoms with Crippen LogP contribution in [0.5, 0.6) is 0 Å². The first-order valence-corrected chi connectivity index (χ1v) is 8.59. The molecule has 2 amide bonds. The summed E-state index contributed by atoms with van der Waals surface area (Å²) >= 11 is 0. The van der Waals surface area contributed by atoms with E-state index in [1.54, 1.807) is 4.90 Å². The Morgan fingerprint density at radius 2 is 1.30 bits per heavy atom. The summed E-state index contributed by atoms with van der Waals surface area (Å²) in [6.45, 7) is 4.92. The van der Waals surface area contributed by atoms with Gasteiger partial charge in [0.15, 0.2) is 0 Å². The number of aliphatic carboxylic acids is 3. The highest BCUT2D eigenvalue weighted by Gasteiger charge is 2.27. The van der Waals surface area contributed by atoms with Crippen LogP contribution in [0.3, 0.4) is 0 Å². The molecule has 154 valence electrons. The molecule has 0 aliphatic carbocycles. The Labute approximate surface area is 156 Å². The lowest BCUT2D eigenvalue weighted by Gasteiger charge is -2.23. The molecule has 0 aliphatic rings. The van der Waals surface area contributed by atoms with E-state index in [-0.39, 0.29) is 19.4 Å². The number of carboxylic acids is 3. The maximum Gasteiger partial charge on any atom is 0.326 e. The second kappa shape index (κ2) is 12.6. The summed E-state index contributed by atoms with van der Waals surface area (Å²) < 4.78 is 0. The largest absolute Gasteiger partial charge is 0.481 e. The van der Waals surface area contributed by atoms with E-state index in [2.05, 4.69) is 10.6 Å². The second-order valence-corrected chi connectivity index (χ2v) is 5.85. The summed E-state index contributed by atoms with van der Waals surface area (Å²) in [7, 11) is 0. The molecule has 11 heteroatoms. The molecule has 0 aliphatic heterocycles. The standard InChI is InChI=1S/C16H27N3O8/c1-3-19(4-2)9-12(20)17-10(5-7-13(21)22)15(25)18-11(16(26)27)6-8-14(23)24/h10-11H,3-9H2,1-2H3,(H,17,20)(H,18,25)(H,21,22)(H,23,24)(H,26,27)/t10-,11-/m0/s1. The lowest BCUT2D eigenvalue weighted by Crippen LogP contribution is -2.53. The maximum atomic E-state index is 12.3. The van der Waals surface area contributed by atoms with Crippen LogP contribution in [0, 0.1) is 0 Å². The molecule has 27 heavy (non-hydrogen) atoms. The minimum atomic E-state index is -1.46. The maximum absolute atomic E-state index is 12.3. The number of carbonyl (C=O) groups is 5. The first-order valence-electron chi connectivity index (χ1n) is 8.59. The summed E-state index contributed by atoms with van der Waals surface area (Å²) in [5, 5.41) is 31.1. The van der Waals surface area contributed by atoms with Gasteiger partial charge in [-0.25, -0.2) is 4.79 Å². The Bertz CT molecular complexity index is 548. The number of hydrogen-bond donors (Lipinski definition) is 5. The van der Waals surface area contributed by atoms with Gasteiger partial charge in [-0.1, -0.05) is 13.8 Å². The molecule has 0 rings (SSSR count). The Hall–Kier alpha value is -2.69. The average Bonchev–Trinajstić information content (AvgIpc) is 2.59. The number of nitrogens with one attached hydrogen (secondary N) is 2. The van der Waals surface area contributed by atoms with Gasteiger partial charge in [0.25, 0.3) is 0 Å². The highest BCUT2D eigenvalue weighted by atomic mass is 16.4. The van der Waals surface area contributed by atoms with Gasteiger partial charge in [0.1, 0.15) is 12.1 Å². The molecule has 0 fully saturated rings. The minimum Gasteiger partial charge on any atom is -0.481 e. The van der Waals surface area contributed by atoms with Gasteiger partial charge in [-0.3, -0.25) is 24.1 Å². The molecule has 0 unspecified atom stereocenters. The lowest BCUT2D eigenvalue weighted by atomic mass is 10.1. The third-order valence-corrected chi connectivity index (χ3v) is 3.82. The molecular formula is C16H27N3O8. The first-order chi connectivity index (χ1) is 12.6. The van der Waals surface area contributed by atoms with E-state index in [9.17, 15) is 24.0 Å². The second-order valence-electron chi connectivity index (χ2n) is 5.85. The zero-order valence-electron chi connectivity index (χ0n) is 15.4. The van der Waals surface area contributed by atoms with Gasteiger partial charge in [-0.05, 0) is 25.9 Å². The molecule has 5 N–H and O–H groups in total. The van der Waals surface area contributed by atoms with Crippen molar-refractivity contribution in [2.75, 3.05) is 19.6 Å². The number of likely N-dealkylation sites (N-methyl/N-ethyl adjacent to an activating group) is 1. The van der Waals surface area contributed by atoms with E-state index in [4.69, 9.17) is 15.3 Å². The van der Waals surface area contributed by atoms with Crippen LogP contribution < -0.4 is 10.6 Å². The van der Waals surface area contributed by atoms with E-state index >= 15 is 0 Å². The normalized spacial score (nSPS) is 12.9. The van der Waals surface area contributed by atoms with Crippen LogP contribution in [0.4, 0.5) is 0 Å². The Balaban J connectivity index is 5.04. The van der Waals surface area contributed by atoms with Gasteiger partial charge in [0.2, 0.25) is 11.8 Å². The van der Waals surface area contributed by atoms with Crippen molar-refractivity contribution in [1.29, 1.82) is 0 Å². The predicted octanol–water partition coefficient (Wildman–Crippen LogP) is -0.888. The van der Waals surface area contributed by atoms with Crippen molar-refractivity contribution in [1.82, 2.24) is 15.5 Å². The van der Waals surface area contributed by atoms with Crippen molar-refractivity contribution >= 4 is 29.7 Å². The van der Waals surface area contributed by atoms with Gasteiger partial charge >= 0.3 is 17.9 Å². The van der Waals surface area contributed by atoms with Crippen molar-refractivity contribution < 1.29 is 39.3 Å². The number of hydrogen-bond acceptors (Lipinski definition) is 6. The molecule has 0 saturated heterocycles. The third-order valence-electron chi connectivity index (χ3n) is 3.82. The van der Waals surface area contributed by atoms with Crippen LogP contribution in [0.2, 0.25) is 0 Å². The van der Waals surface area contributed by atoms with Gasteiger partial charge in [-0.15, -0.1) is 0 Å². The minimum absolute atomic E-state index is 0.00518. The van der Waals surface area contributed by atoms with Crippen molar-refractivity contribution in [3.63, 3.8) is 0 Å². The average molecular weight is 389 g/mol. The predicted molar refractivity (Wildman–Crippen MR) is 93.0 cm³/mol. The SMILES string of the molecule is CCN(CC)CC(=O)N[C@@H](CCC(=O)O)C(=O)N[C@@H](CCC(=O)O)C(=O)O. The van der Waals surface area contributed by atoms with E-state index < -0.39 is 54.6 Å². The van der Waals surface area contributed by atoms with Crippen molar-refractivity contribution in [3.8, 4) is 0 Å². The van der Waals surface area contributed by atoms with Gasteiger partial charge in [0, 0.05) is 12.8 Å². The molecule has 0 aromatic heterocycles. The van der Waals surface area contributed by atoms with E-state index in [1.807, 2.05) is 13.8 Å². The topological polar surface area (TPSA) is 173 Å². The zero-order chi connectivity index (χ0) is 21.0. The van der Waals surface area contributed by atoms with Gasteiger partial charge in [-0.2, -0.15) is 0 Å². The number of rotatable bonds is 14. The van der Waals surface area contributed by atoms with Gasteiger partial charge < -0.3 is 26.0 Å². The monoisotopic (exact) mass is 389 g/mol. The molecule has 0 aromatic rings. The molecule has 0 saturated carbocycles. The van der Waals surface area contributed by atoms with E-state index in [0.29, 0.717) is 13.1 Å². The first kappa shape index (κ1) is 24.3. The van der Waals surface area contributed by atoms with E-state index in [1.165, 1.54) is 0 Å². The zero-order valence-corrected chi connectivity index (χ0v) is 15.4. The van der Waals surface area contributed by atoms with Crippen LogP contribution in [0.15, 0.2) is 0 Å². The smallest absolute Gasteiger partial charge is 0.326 e. The summed E-state index contributed by atoms with van der Waals surface area (Å²) in [6.07, 6.45) is -1.44. The summed E-state index contributed by atoms with van der Waals surface area (Å²) in [5.41, 5.74) is 0. The number of carboxylic acid groups (broad SMARTS) is 3. The number of carbonyl (C=O) groups excluding carboxylic acids is 2. The molecule has 2 atom stereocenters.